The zero-order chi connectivity index (χ0) is 8.27. The highest BCUT2D eigenvalue weighted by atomic mass is 35.5. The smallest absolute Gasteiger partial charge is 0.0931 e. The van der Waals surface area contributed by atoms with Crippen LogP contribution in [-0.2, 0) is 5.75 Å². The zero-order valence-corrected chi connectivity index (χ0v) is 9.02. The minimum Gasteiger partial charge on any atom is -0.154 e. The fourth-order valence-electron chi connectivity index (χ4n) is 0.678. The van der Waals surface area contributed by atoms with Gasteiger partial charge in [0.05, 0.1) is 4.34 Å². The van der Waals surface area contributed by atoms with E-state index in [1.54, 1.807) is 11.3 Å². The van der Waals surface area contributed by atoms with Gasteiger partial charge in [0.1, 0.15) is 0 Å². The van der Waals surface area contributed by atoms with Crippen molar-refractivity contribution in [3.8, 4) is 0 Å². The van der Waals surface area contributed by atoms with Crippen molar-refractivity contribution < 1.29 is 0 Å². The number of thioether (sulfide) groups is 1. The van der Waals surface area contributed by atoms with Crippen LogP contribution in [0.5, 0.6) is 0 Å². The number of hydrogen-bond donors (Lipinski definition) is 0. The van der Waals surface area contributed by atoms with Gasteiger partial charge in [0, 0.05) is 10.6 Å². The summed E-state index contributed by atoms with van der Waals surface area (Å²) >= 11 is 9.41. The number of thiophene rings is 1. The lowest BCUT2D eigenvalue weighted by Crippen LogP contribution is -1.85. The van der Waals surface area contributed by atoms with Crippen LogP contribution in [0.25, 0.3) is 0 Å². The first-order chi connectivity index (χ1) is 5.18. The second kappa shape index (κ2) is 4.39. The first kappa shape index (κ1) is 9.43. The largest absolute Gasteiger partial charge is 0.154 e. The molecule has 1 rings (SSSR count). The van der Waals surface area contributed by atoms with E-state index in [0.717, 1.165) is 10.1 Å². The summed E-state index contributed by atoms with van der Waals surface area (Å²) in [6, 6.07) is 4.06. The minimum absolute atomic E-state index is 0.705. The Morgan fingerprint density at radius 2 is 2.27 bits per heavy atom. The van der Waals surface area contributed by atoms with Gasteiger partial charge in [0.15, 0.2) is 0 Å². The molecule has 0 N–H and O–H groups in total. The molecule has 0 aliphatic carbocycles. The Hall–Kier alpha value is 0.340. The molecular formula is C8H11ClS2. The summed E-state index contributed by atoms with van der Waals surface area (Å²) in [5.41, 5.74) is 0. The van der Waals surface area contributed by atoms with E-state index in [0.29, 0.717) is 5.25 Å². The topological polar surface area (TPSA) is 0 Å². The van der Waals surface area contributed by atoms with E-state index in [9.17, 15) is 0 Å². The van der Waals surface area contributed by atoms with Gasteiger partial charge < -0.3 is 0 Å². The highest BCUT2D eigenvalue weighted by Gasteiger charge is 1.99. The van der Waals surface area contributed by atoms with E-state index in [-0.39, 0.29) is 0 Å². The Bertz CT molecular complexity index is 218. The molecule has 0 spiro atoms. The van der Waals surface area contributed by atoms with Gasteiger partial charge in [-0.05, 0) is 17.4 Å². The van der Waals surface area contributed by atoms with Crippen LogP contribution in [0.15, 0.2) is 12.1 Å². The molecule has 0 atom stereocenters. The molecule has 0 saturated carbocycles. The molecule has 0 aromatic carbocycles. The second-order valence-electron chi connectivity index (χ2n) is 2.57. The van der Waals surface area contributed by atoms with Crippen molar-refractivity contribution in [1.29, 1.82) is 0 Å². The predicted molar refractivity (Wildman–Crippen MR) is 55.8 cm³/mol. The molecule has 0 nitrogen and oxygen atoms in total. The standard InChI is InChI=1S/C8H11ClS2/c1-6(2)10-5-7-3-4-8(9)11-7/h3-4,6H,5H2,1-2H3. The van der Waals surface area contributed by atoms with Crippen LogP contribution in [-0.4, -0.2) is 5.25 Å². The molecule has 0 radical (unpaired) electrons. The molecule has 1 aromatic heterocycles. The van der Waals surface area contributed by atoms with Crippen molar-refractivity contribution in [3.63, 3.8) is 0 Å². The molecule has 11 heavy (non-hydrogen) atoms. The van der Waals surface area contributed by atoms with Crippen molar-refractivity contribution in [2.75, 3.05) is 0 Å². The van der Waals surface area contributed by atoms with Gasteiger partial charge in [-0.1, -0.05) is 25.4 Å². The molecule has 0 bridgehead atoms. The summed E-state index contributed by atoms with van der Waals surface area (Å²) < 4.78 is 0.893. The van der Waals surface area contributed by atoms with E-state index in [2.05, 4.69) is 19.9 Å². The molecule has 62 valence electrons. The molecule has 0 unspecified atom stereocenters. The quantitative estimate of drug-likeness (QED) is 0.720. The number of halogens is 1. The maximum Gasteiger partial charge on any atom is 0.0931 e. The van der Waals surface area contributed by atoms with Crippen LogP contribution >= 0.6 is 34.7 Å². The van der Waals surface area contributed by atoms with Crippen molar-refractivity contribution >= 4 is 34.7 Å². The third kappa shape index (κ3) is 3.50. The summed E-state index contributed by atoms with van der Waals surface area (Å²) in [6.45, 7) is 4.42. The van der Waals surface area contributed by atoms with E-state index in [1.807, 2.05) is 17.8 Å². The monoisotopic (exact) mass is 206 g/mol. The normalized spacial score (nSPS) is 10.9. The molecule has 0 saturated heterocycles. The molecule has 0 amide bonds. The lowest BCUT2D eigenvalue weighted by molar-refractivity contribution is 1.11. The van der Waals surface area contributed by atoms with Crippen LogP contribution in [0.2, 0.25) is 4.34 Å². The lowest BCUT2D eigenvalue weighted by Gasteiger charge is -2.00. The van der Waals surface area contributed by atoms with Crippen LogP contribution in [0, 0.1) is 0 Å². The van der Waals surface area contributed by atoms with E-state index < -0.39 is 0 Å². The van der Waals surface area contributed by atoms with Gasteiger partial charge in [-0.25, -0.2) is 0 Å². The van der Waals surface area contributed by atoms with Gasteiger partial charge in [-0.15, -0.1) is 11.3 Å². The Morgan fingerprint density at radius 3 is 2.73 bits per heavy atom. The van der Waals surface area contributed by atoms with Crippen molar-refractivity contribution in [3.05, 3.63) is 21.3 Å². The highest BCUT2D eigenvalue weighted by Crippen LogP contribution is 2.26. The van der Waals surface area contributed by atoms with Crippen LogP contribution < -0.4 is 0 Å². The zero-order valence-electron chi connectivity index (χ0n) is 6.63. The third-order valence-electron chi connectivity index (χ3n) is 1.19. The van der Waals surface area contributed by atoms with E-state index >= 15 is 0 Å². The molecule has 3 heteroatoms. The summed E-state index contributed by atoms with van der Waals surface area (Å²) in [6.07, 6.45) is 0. The molecule has 0 aliphatic rings. The second-order valence-corrected chi connectivity index (χ2v) is 5.93. The molecular weight excluding hydrogens is 196 g/mol. The minimum atomic E-state index is 0.705. The van der Waals surface area contributed by atoms with Gasteiger partial charge >= 0.3 is 0 Å². The van der Waals surface area contributed by atoms with Gasteiger partial charge in [0.2, 0.25) is 0 Å². The molecule has 0 aliphatic heterocycles. The fraction of sp³-hybridized carbons (Fsp3) is 0.500. The van der Waals surface area contributed by atoms with Crippen LogP contribution in [0.3, 0.4) is 0 Å². The average molecular weight is 207 g/mol. The first-order valence-corrected chi connectivity index (χ1v) is 5.78. The van der Waals surface area contributed by atoms with Crippen LogP contribution in [0.1, 0.15) is 18.7 Å². The molecule has 1 heterocycles. The Labute approximate surface area is 81.0 Å². The third-order valence-corrected chi connectivity index (χ3v) is 3.75. The Balaban J connectivity index is 2.39. The number of rotatable bonds is 3. The summed E-state index contributed by atoms with van der Waals surface area (Å²) in [4.78, 5) is 1.37. The Kier molecular flexibility index (Phi) is 3.76. The van der Waals surface area contributed by atoms with Crippen molar-refractivity contribution in [2.24, 2.45) is 0 Å². The number of hydrogen-bond acceptors (Lipinski definition) is 2. The van der Waals surface area contributed by atoms with E-state index in [1.165, 1.54) is 4.88 Å². The lowest BCUT2D eigenvalue weighted by atomic mass is 10.5. The van der Waals surface area contributed by atoms with Gasteiger partial charge in [0.25, 0.3) is 0 Å². The maximum atomic E-state index is 5.78. The summed E-state index contributed by atoms with van der Waals surface area (Å²) in [5.74, 6) is 1.09. The van der Waals surface area contributed by atoms with Crippen LogP contribution in [0.4, 0.5) is 0 Å². The summed E-state index contributed by atoms with van der Waals surface area (Å²) in [5, 5.41) is 0.705. The van der Waals surface area contributed by atoms with Crippen molar-refractivity contribution in [1.82, 2.24) is 0 Å². The predicted octanol–water partition coefficient (Wildman–Crippen LogP) is 4.04. The summed E-state index contributed by atoms with van der Waals surface area (Å²) in [7, 11) is 0. The highest BCUT2D eigenvalue weighted by molar-refractivity contribution is 7.99. The molecule has 1 aromatic rings. The SMILES string of the molecule is CC(C)SCc1ccc(Cl)s1. The van der Waals surface area contributed by atoms with Crippen molar-refractivity contribution in [2.45, 2.75) is 24.9 Å². The fourth-order valence-corrected chi connectivity index (χ4v) is 2.59. The first-order valence-electron chi connectivity index (χ1n) is 3.54. The average Bonchev–Trinajstić information content (AvgIpc) is 2.31. The van der Waals surface area contributed by atoms with Gasteiger partial charge in [-0.3, -0.25) is 0 Å². The van der Waals surface area contributed by atoms with E-state index in [4.69, 9.17) is 11.6 Å². The van der Waals surface area contributed by atoms with Gasteiger partial charge in [-0.2, -0.15) is 11.8 Å². The molecule has 0 fully saturated rings. The maximum absolute atomic E-state index is 5.78. The Morgan fingerprint density at radius 1 is 1.55 bits per heavy atom.